The summed E-state index contributed by atoms with van der Waals surface area (Å²) in [6.07, 6.45) is 3.66. The molecule has 1 unspecified atom stereocenters. The van der Waals surface area contributed by atoms with Crippen molar-refractivity contribution in [2.24, 2.45) is 0 Å². The number of benzene rings is 2. The lowest BCUT2D eigenvalue weighted by Gasteiger charge is -2.19. The lowest BCUT2D eigenvalue weighted by Crippen LogP contribution is -2.29. The van der Waals surface area contributed by atoms with Crippen LogP contribution < -0.4 is 10.1 Å². The molecule has 4 rings (SSSR count). The van der Waals surface area contributed by atoms with E-state index in [1.165, 1.54) is 0 Å². The van der Waals surface area contributed by atoms with Gasteiger partial charge in [-0.15, -0.1) is 0 Å². The van der Waals surface area contributed by atoms with Gasteiger partial charge in [0, 0.05) is 12.4 Å². The largest absolute Gasteiger partial charge is 0.497 e. The predicted octanol–water partition coefficient (Wildman–Crippen LogP) is 4.17. The molecular formula is C23H21N3O2. The first kappa shape index (κ1) is 17.8. The third-order valence-corrected chi connectivity index (χ3v) is 4.71. The van der Waals surface area contributed by atoms with Crippen LogP contribution in [0.5, 0.6) is 5.75 Å². The fourth-order valence-electron chi connectivity index (χ4n) is 3.20. The van der Waals surface area contributed by atoms with E-state index in [1.54, 1.807) is 13.3 Å². The van der Waals surface area contributed by atoms with E-state index in [9.17, 15) is 4.79 Å². The van der Waals surface area contributed by atoms with Gasteiger partial charge in [-0.3, -0.25) is 4.79 Å². The van der Waals surface area contributed by atoms with Crippen molar-refractivity contribution in [2.45, 2.75) is 13.0 Å². The molecule has 4 aromatic rings. The third-order valence-electron chi connectivity index (χ3n) is 4.71. The number of fused-ring (bicyclic) bond motifs is 1. The number of ether oxygens (including phenoxy) is 1. The zero-order valence-electron chi connectivity index (χ0n) is 15.8. The van der Waals surface area contributed by atoms with Gasteiger partial charge in [0.2, 0.25) is 0 Å². The molecule has 1 N–H and O–H groups in total. The Labute approximate surface area is 163 Å². The number of hydrogen-bond acceptors (Lipinski definition) is 3. The number of rotatable bonds is 5. The SMILES string of the molecule is COc1ccc(C(NC(=O)c2cn3ccc(C)cc3n2)c2ccccc2)cc1. The number of aromatic nitrogens is 2. The van der Waals surface area contributed by atoms with E-state index in [2.05, 4.69) is 10.3 Å². The quantitative estimate of drug-likeness (QED) is 0.573. The lowest BCUT2D eigenvalue weighted by atomic mass is 9.98. The number of aryl methyl sites for hydroxylation is 1. The Balaban J connectivity index is 1.66. The molecule has 0 saturated heterocycles. The molecule has 0 fully saturated rings. The van der Waals surface area contributed by atoms with Crippen LogP contribution in [0, 0.1) is 6.92 Å². The maximum absolute atomic E-state index is 13.0. The molecule has 0 spiro atoms. The summed E-state index contributed by atoms with van der Waals surface area (Å²) in [5.74, 6) is 0.559. The zero-order chi connectivity index (χ0) is 19.5. The van der Waals surface area contributed by atoms with Crippen molar-refractivity contribution in [3.63, 3.8) is 0 Å². The lowest BCUT2D eigenvalue weighted by molar-refractivity contribution is 0.0938. The number of methoxy groups -OCH3 is 1. The first-order valence-corrected chi connectivity index (χ1v) is 9.09. The van der Waals surface area contributed by atoms with E-state index in [-0.39, 0.29) is 11.9 Å². The van der Waals surface area contributed by atoms with Crippen molar-refractivity contribution >= 4 is 11.6 Å². The molecule has 1 amide bonds. The van der Waals surface area contributed by atoms with E-state index in [0.29, 0.717) is 5.69 Å². The number of nitrogens with zero attached hydrogens (tertiary/aromatic N) is 2. The highest BCUT2D eigenvalue weighted by molar-refractivity contribution is 5.93. The molecule has 2 heterocycles. The topological polar surface area (TPSA) is 55.6 Å². The molecule has 5 heteroatoms. The van der Waals surface area contributed by atoms with Crippen molar-refractivity contribution in [1.82, 2.24) is 14.7 Å². The van der Waals surface area contributed by atoms with Gasteiger partial charge in [0.05, 0.1) is 13.2 Å². The van der Waals surface area contributed by atoms with Gasteiger partial charge in [0.25, 0.3) is 5.91 Å². The van der Waals surface area contributed by atoms with Crippen molar-refractivity contribution in [1.29, 1.82) is 0 Å². The van der Waals surface area contributed by atoms with Crippen LogP contribution in [0.3, 0.4) is 0 Å². The summed E-state index contributed by atoms with van der Waals surface area (Å²) in [7, 11) is 1.64. The van der Waals surface area contributed by atoms with E-state index in [0.717, 1.165) is 28.1 Å². The average Bonchev–Trinajstić information content (AvgIpc) is 3.16. The maximum Gasteiger partial charge on any atom is 0.272 e. The number of nitrogens with one attached hydrogen (secondary N) is 1. The highest BCUT2D eigenvalue weighted by Gasteiger charge is 2.19. The fraction of sp³-hybridized carbons (Fsp3) is 0.130. The third kappa shape index (κ3) is 3.60. The predicted molar refractivity (Wildman–Crippen MR) is 109 cm³/mol. The number of imidazole rings is 1. The number of hydrogen-bond donors (Lipinski definition) is 1. The summed E-state index contributed by atoms with van der Waals surface area (Å²) in [5, 5.41) is 3.12. The Morgan fingerprint density at radius 3 is 2.46 bits per heavy atom. The van der Waals surface area contributed by atoms with Crippen LogP contribution in [0.1, 0.15) is 33.2 Å². The van der Waals surface area contributed by atoms with Crippen molar-refractivity contribution in [3.8, 4) is 5.75 Å². The van der Waals surface area contributed by atoms with E-state index < -0.39 is 0 Å². The normalized spacial score (nSPS) is 11.9. The summed E-state index contributed by atoms with van der Waals surface area (Å²) < 4.78 is 7.10. The molecule has 1 atom stereocenters. The summed E-state index contributed by atoms with van der Waals surface area (Å²) in [4.78, 5) is 17.4. The smallest absolute Gasteiger partial charge is 0.272 e. The van der Waals surface area contributed by atoms with E-state index in [1.807, 2.05) is 84.3 Å². The van der Waals surface area contributed by atoms with Gasteiger partial charge in [0.15, 0.2) is 0 Å². The van der Waals surface area contributed by atoms with Crippen LogP contribution in [0.4, 0.5) is 0 Å². The fourth-order valence-corrected chi connectivity index (χ4v) is 3.20. The van der Waals surface area contributed by atoms with Crippen LogP contribution in [-0.2, 0) is 0 Å². The monoisotopic (exact) mass is 371 g/mol. The van der Waals surface area contributed by atoms with Gasteiger partial charge in [-0.25, -0.2) is 4.98 Å². The second-order valence-electron chi connectivity index (χ2n) is 6.69. The molecule has 0 aliphatic carbocycles. The minimum atomic E-state index is -0.286. The van der Waals surface area contributed by atoms with Crippen molar-refractivity contribution < 1.29 is 9.53 Å². The van der Waals surface area contributed by atoms with Crippen LogP contribution in [-0.4, -0.2) is 22.4 Å². The number of pyridine rings is 1. The molecular weight excluding hydrogens is 350 g/mol. The highest BCUT2D eigenvalue weighted by Crippen LogP contribution is 2.24. The van der Waals surface area contributed by atoms with Crippen LogP contribution in [0.2, 0.25) is 0 Å². The second-order valence-corrected chi connectivity index (χ2v) is 6.69. The number of carbonyl (C=O) groups is 1. The molecule has 0 aliphatic heterocycles. The number of amides is 1. The first-order chi connectivity index (χ1) is 13.6. The van der Waals surface area contributed by atoms with Gasteiger partial charge in [-0.2, -0.15) is 0 Å². The Bertz CT molecular complexity index is 1100. The van der Waals surface area contributed by atoms with Crippen molar-refractivity contribution in [2.75, 3.05) is 7.11 Å². The molecule has 2 aromatic carbocycles. The Hall–Kier alpha value is -3.60. The molecule has 0 aliphatic rings. The maximum atomic E-state index is 13.0. The summed E-state index contributed by atoms with van der Waals surface area (Å²) in [6, 6.07) is 21.3. The molecule has 28 heavy (non-hydrogen) atoms. The Morgan fingerprint density at radius 2 is 1.75 bits per heavy atom. The zero-order valence-corrected chi connectivity index (χ0v) is 15.8. The minimum absolute atomic E-state index is 0.217. The van der Waals surface area contributed by atoms with Gasteiger partial charge >= 0.3 is 0 Å². The van der Waals surface area contributed by atoms with Gasteiger partial charge in [-0.05, 0) is 47.9 Å². The Kier molecular flexibility index (Phi) is 4.81. The summed E-state index contributed by atoms with van der Waals surface area (Å²) in [6.45, 7) is 2.00. The molecule has 140 valence electrons. The summed E-state index contributed by atoms with van der Waals surface area (Å²) >= 11 is 0. The van der Waals surface area contributed by atoms with Crippen LogP contribution in [0.15, 0.2) is 79.1 Å². The number of carbonyl (C=O) groups excluding carboxylic acids is 1. The highest BCUT2D eigenvalue weighted by atomic mass is 16.5. The van der Waals surface area contributed by atoms with Gasteiger partial charge < -0.3 is 14.5 Å². The minimum Gasteiger partial charge on any atom is -0.497 e. The Morgan fingerprint density at radius 1 is 1.04 bits per heavy atom. The van der Waals surface area contributed by atoms with Crippen LogP contribution >= 0.6 is 0 Å². The second kappa shape index (κ2) is 7.56. The average molecular weight is 371 g/mol. The molecule has 2 aromatic heterocycles. The van der Waals surface area contributed by atoms with E-state index in [4.69, 9.17) is 4.74 Å². The summed E-state index contributed by atoms with van der Waals surface area (Å²) in [5.41, 5.74) is 4.22. The van der Waals surface area contributed by atoms with Crippen molar-refractivity contribution in [3.05, 3.63) is 102 Å². The molecule has 0 radical (unpaired) electrons. The van der Waals surface area contributed by atoms with Crippen LogP contribution in [0.25, 0.3) is 5.65 Å². The van der Waals surface area contributed by atoms with Gasteiger partial charge in [-0.1, -0.05) is 42.5 Å². The van der Waals surface area contributed by atoms with Gasteiger partial charge in [0.1, 0.15) is 17.1 Å². The molecule has 0 bridgehead atoms. The molecule has 5 nitrogen and oxygen atoms in total. The molecule has 0 saturated carbocycles. The standard InChI is InChI=1S/C23H21N3O2/c1-16-12-13-26-15-20(24-21(26)14-16)23(27)25-22(17-6-4-3-5-7-17)18-8-10-19(28-2)11-9-18/h3-15,22H,1-2H3,(H,25,27). The first-order valence-electron chi connectivity index (χ1n) is 9.09. The van der Waals surface area contributed by atoms with E-state index >= 15 is 0 Å².